The Bertz CT molecular complexity index is 508. The number of amides is 1. The molecule has 1 rings (SSSR count). The maximum Gasteiger partial charge on any atom is 0.260 e. The average Bonchev–Trinajstić information content (AvgIpc) is 2.50. The van der Waals surface area contributed by atoms with Crippen molar-refractivity contribution in [3.8, 4) is 11.8 Å². The number of ether oxygens (including phenoxy) is 1. The Morgan fingerprint density at radius 3 is 2.80 bits per heavy atom. The van der Waals surface area contributed by atoms with Gasteiger partial charge in [0.25, 0.3) is 5.91 Å². The number of carbonyl (C=O) groups excluding carboxylic acids is 2. The van der Waals surface area contributed by atoms with E-state index in [1.807, 2.05) is 6.92 Å². The van der Waals surface area contributed by atoms with Crippen LogP contribution in [0.25, 0.3) is 0 Å². The summed E-state index contributed by atoms with van der Waals surface area (Å²) in [6.45, 7) is 4.37. The standard InChI is InChI=1S/C15H18N2O3/c1-3-17(9-12(2)8-16)15(19)11-20-14-7-5-4-6-13(14)10-18/h4-7,10,12H,3,9,11H2,1-2H3. The molecular weight excluding hydrogens is 256 g/mol. The number of para-hydroxylation sites is 1. The van der Waals surface area contributed by atoms with Crippen LogP contribution < -0.4 is 4.74 Å². The van der Waals surface area contributed by atoms with Gasteiger partial charge in [-0.05, 0) is 26.0 Å². The summed E-state index contributed by atoms with van der Waals surface area (Å²) in [5, 5.41) is 8.78. The van der Waals surface area contributed by atoms with Crippen LogP contribution in [0.15, 0.2) is 24.3 Å². The summed E-state index contributed by atoms with van der Waals surface area (Å²) in [6.07, 6.45) is 0.690. The lowest BCUT2D eigenvalue weighted by Gasteiger charge is -2.22. The van der Waals surface area contributed by atoms with Gasteiger partial charge < -0.3 is 9.64 Å². The highest BCUT2D eigenvalue weighted by molar-refractivity contribution is 5.80. The van der Waals surface area contributed by atoms with Crippen LogP contribution in [0.1, 0.15) is 24.2 Å². The fourth-order valence-electron chi connectivity index (χ4n) is 1.72. The maximum atomic E-state index is 12.0. The van der Waals surface area contributed by atoms with Crippen molar-refractivity contribution in [1.29, 1.82) is 5.26 Å². The number of likely N-dealkylation sites (N-methyl/N-ethyl adjacent to an activating group) is 1. The lowest BCUT2D eigenvalue weighted by Crippen LogP contribution is -2.37. The molecule has 1 aromatic carbocycles. The zero-order valence-corrected chi connectivity index (χ0v) is 11.7. The minimum Gasteiger partial charge on any atom is -0.483 e. The number of nitriles is 1. The van der Waals surface area contributed by atoms with Crippen LogP contribution in [0.5, 0.6) is 5.75 Å². The van der Waals surface area contributed by atoms with Crippen LogP contribution in [0.2, 0.25) is 0 Å². The van der Waals surface area contributed by atoms with Crippen molar-refractivity contribution < 1.29 is 14.3 Å². The normalized spacial score (nSPS) is 11.2. The number of nitrogens with zero attached hydrogens (tertiary/aromatic N) is 2. The summed E-state index contributed by atoms with van der Waals surface area (Å²) in [4.78, 5) is 24.4. The Labute approximate surface area is 118 Å². The van der Waals surface area contributed by atoms with E-state index in [1.165, 1.54) is 0 Å². The molecule has 0 aliphatic heterocycles. The molecule has 5 heteroatoms. The van der Waals surface area contributed by atoms with Gasteiger partial charge in [0.15, 0.2) is 12.9 Å². The van der Waals surface area contributed by atoms with Gasteiger partial charge in [-0.3, -0.25) is 9.59 Å². The number of benzene rings is 1. The van der Waals surface area contributed by atoms with Crippen LogP contribution >= 0.6 is 0 Å². The molecule has 0 aliphatic carbocycles. The first-order valence-electron chi connectivity index (χ1n) is 6.46. The topological polar surface area (TPSA) is 70.4 Å². The van der Waals surface area contributed by atoms with Gasteiger partial charge in [0.05, 0.1) is 17.6 Å². The third-order valence-corrected chi connectivity index (χ3v) is 2.85. The lowest BCUT2D eigenvalue weighted by atomic mass is 10.2. The predicted molar refractivity (Wildman–Crippen MR) is 74.4 cm³/mol. The average molecular weight is 274 g/mol. The molecule has 0 radical (unpaired) electrons. The largest absolute Gasteiger partial charge is 0.483 e. The van der Waals surface area contributed by atoms with E-state index in [0.29, 0.717) is 30.7 Å². The fraction of sp³-hybridized carbons (Fsp3) is 0.400. The smallest absolute Gasteiger partial charge is 0.260 e. The minimum atomic E-state index is -0.221. The van der Waals surface area contributed by atoms with Crippen LogP contribution in [0.4, 0.5) is 0 Å². The van der Waals surface area contributed by atoms with E-state index in [-0.39, 0.29) is 18.4 Å². The second-order valence-electron chi connectivity index (χ2n) is 4.41. The van der Waals surface area contributed by atoms with Crippen molar-refractivity contribution in [3.05, 3.63) is 29.8 Å². The highest BCUT2D eigenvalue weighted by atomic mass is 16.5. The van der Waals surface area contributed by atoms with Gasteiger partial charge in [-0.15, -0.1) is 0 Å². The minimum absolute atomic E-state index is 0.142. The molecule has 106 valence electrons. The van der Waals surface area contributed by atoms with E-state index in [1.54, 1.807) is 36.1 Å². The summed E-state index contributed by atoms with van der Waals surface area (Å²) in [5.41, 5.74) is 0.411. The lowest BCUT2D eigenvalue weighted by molar-refractivity contribution is -0.133. The van der Waals surface area contributed by atoms with Crippen molar-refractivity contribution in [3.63, 3.8) is 0 Å². The molecule has 0 fully saturated rings. The molecule has 0 bridgehead atoms. The Morgan fingerprint density at radius 1 is 1.50 bits per heavy atom. The van der Waals surface area contributed by atoms with E-state index in [4.69, 9.17) is 10.00 Å². The zero-order chi connectivity index (χ0) is 15.0. The quantitative estimate of drug-likeness (QED) is 0.712. The molecule has 5 nitrogen and oxygen atoms in total. The van der Waals surface area contributed by atoms with E-state index in [0.717, 1.165) is 0 Å². The van der Waals surface area contributed by atoms with Crippen LogP contribution in [0.3, 0.4) is 0 Å². The third kappa shape index (κ3) is 4.39. The number of aldehydes is 1. The van der Waals surface area contributed by atoms with E-state index >= 15 is 0 Å². The first-order valence-corrected chi connectivity index (χ1v) is 6.46. The zero-order valence-electron chi connectivity index (χ0n) is 11.7. The van der Waals surface area contributed by atoms with Gasteiger partial charge in [-0.25, -0.2) is 0 Å². The number of hydrogen-bond donors (Lipinski definition) is 0. The van der Waals surface area contributed by atoms with E-state index < -0.39 is 0 Å². The molecule has 0 heterocycles. The van der Waals surface area contributed by atoms with Gasteiger partial charge >= 0.3 is 0 Å². The Morgan fingerprint density at radius 2 is 2.20 bits per heavy atom. The van der Waals surface area contributed by atoms with Gasteiger partial charge in [-0.2, -0.15) is 5.26 Å². The predicted octanol–water partition coefficient (Wildman–Crippen LogP) is 1.89. The number of rotatable bonds is 7. The SMILES string of the molecule is CCN(CC(C)C#N)C(=O)COc1ccccc1C=O. The molecule has 0 aliphatic rings. The molecule has 1 unspecified atom stereocenters. The van der Waals surface area contributed by atoms with Crippen molar-refractivity contribution in [2.24, 2.45) is 5.92 Å². The molecule has 1 atom stereocenters. The first kappa shape index (κ1) is 15.7. The third-order valence-electron chi connectivity index (χ3n) is 2.85. The van der Waals surface area contributed by atoms with Crippen molar-refractivity contribution >= 4 is 12.2 Å². The van der Waals surface area contributed by atoms with E-state index in [2.05, 4.69) is 6.07 Å². The molecule has 0 N–H and O–H groups in total. The molecule has 0 saturated carbocycles. The van der Waals surface area contributed by atoms with E-state index in [9.17, 15) is 9.59 Å². The highest BCUT2D eigenvalue weighted by Crippen LogP contribution is 2.15. The number of carbonyl (C=O) groups is 2. The van der Waals surface area contributed by atoms with Crippen LogP contribution in [-0.2, 0) is 4.79 Å². The molecule has 1 amide bonds. The van der Waals surface area contributed by atoms with Gasteiger partial charge in [0, 0.05) is 13.1 Å². The second-order valence-corrected chi connectivity index (χ2v) is 4.41. The summed E-state index contributed by atoms with van der Waals surface area (Å²) < 4.78 is 5.38. The summed E-state index contributed by atoms with van der Waals surface area (Å²) in [5.74, 6) is -0.0308. The maximum absolute atomic E-state index is 12.0. The van der Waals surface area contributed by atoms with Crippen molar-refractivity contribution in [1.82, 2.24) is 4.90 Å². The Hall–Kier alpha value is -2.35. The van der Waals surface area contributed by atoms with Gasteiger partial charge in [-0.1, -0.05) is 12.1 Å². The molecule has 1 aromatic rings. The van der Waals surface area contributed by atoms with Crippen molar-refractivity contribution in [2.45, 2.75) is 13.8 Å². The fourth-order valence-corrected chi connectivity index (χ4v) is 1.72. The monoisotopic (exact) mass is 274 g/mol. The van der Waals surface area contributed by atoms with Gasteiger partial charge in [0.1, 0.15) is 5.75 Å². The van der Waals surface area contributed by atoms with Gasteiger partial charge in [0.2, 0.25) is 0 Å². The summed E-state index contributed by atoms with van der Waals surface area (Å²) >= 11 is 0. The second kappa shape index (κ2) is 7.95. The summed E-state index contributed by atoms with van der Waals surface area (Å²) in [6, 6.07) is 8.83. The molecule has 0 aromatic heterocycles. The summed E-state index contributed by atoms with van der Waals surface area (Å²) in [7, 11) is 0. The molecule has 0 saturated heterocycles. The molecule has 20 heavy (non-hydrogen) atoms. The van der Waals surface area contributed by atoms with Crippen LogP contribution in [-0.4, -0.2) is 36.8 Å². The van der Waals surface area contributed by atoms with Crippen LogP contribution in [0, 0.1) is 17.2 Å². The first-order chi connectivity index (χ1) is 9.62. The Balaban J connectivity index is 2.61. The molecule has 0 spiro atoms. The van der Waals surface area contributed by atoms with Crippen molar-refractivity contribution in [2.75, 3.05) is 19.7 Å². The highest BCUT2D eigenvalue weighted by Gasteiger charge is 2.15. The number of hydrogen-bond acceptors (Lipinski definition) is 4. The Kier molecular flexibility index (Phi) is 6.24. The molecular formula is C15H18N2O3.